The van der Waals surface area contributed by atoms with Gasteiger partial charge >= 0.3 is 0 Å². The van der Waals surface area contributed by atoms with Crippen LogP contribution in [0.1, 0.15) is 11.1 Å². The third-order valence-corrected chi connectivity index (χ3v) is 13.8. The zero-order valence-electron chi connectivity index (χ0n) is 36.3. The van der Waals surface area contributed by atoms with E-state index >= 15 is 0 Å². The summed E-state index contributed by atoms with van der Waals surface area (Å²) in [6.45, 7) is 0. The molecule has 1 heterocycles. The molecule has 13 rings (SSSR count). The number of fused-ring (bicyclic) bond motifs is 6. The van der Waals surface area contributed by atoms with E-state index in [1.54, 1.807) is 0 Å². The molecule has 0 unspecified atom stereocenters. The van der Waals surface area contributed by atoms with Crippen molar-refractivity contribution >= 4 is 60.2 Å². The highest BCUT2D eigenvalue weighted by atomic mass is 15.2. The Kier molecular flexibility index (Phi) is 8.99. The Labute approximate surface area is 385 Å². The van der Waals surface area contributed by atoms with Crippen molar-refractivity contribution in [3.63, 3.8) is 0 Å². The van der Waals surface area contributed by atoms with Crippen LogP contribution in [-0.4, -0.2) is 0 Å². The van der Waals surface area contributed by atoms with Crippen molar-refractivity contribution in [1.29, 1.82) is 0 Å². The summed E-state index contributed by atoms with van der Waals surface area (Å²) in [4.78, 5) is 2.42. The van der Waals surface area contributed by atoms with Crippen molar-refractivity contribution in [3.8, 4) is 55.6 Å². The predicted molar refractivity (Wildman–Crippen MR) is 281 cm³/mol. The van der Waals surface area contributed by atoms with Gasteiger partial charge in [0.2, 0.25) is 0 Å². The number of hydrogen-bond donors (Lipinski definition) is 0. The van der Waals surface area contributed by atoms with Gasteiger partial charge < -0.3 is 4.90 Å². The highest BCUT2D eigenvalue weighted by Crippen LogP contribution is 2.49. The van der Waals surface area contributed by atoms with Gasteiger partial charge in [-0.1, -0.05) is 212 Å². The van der Waals surface area contributed by atoms with Gasteiger partial charge in [-0.2, -0.15) is 0 Å². The first-order valence-electron chi connectivity index (χ1n) is 23.0. The summed E-state index contributed by atoms with van der Waals surface area (Å²) >= 11 is 0. The standard InChI is InChI=1S/C65H43N/c1-4-18-43(19-5-1)47-36-38-58-59(42-47)64(44-20-6-2-7-21-44)55-28-14-11-25-52(55)63(58)46-34-32-45(33-35-46)62-53-26-12-15-29-56(53)65(57-30-16-13-27-54(57)62)49-37-39-61-50(41-49)40-48-22-10-17-31-60(48)66(61)51-23-8-3-9-24-51/h1-39,41-42H,40H2. The van der Waals surface area contributed by atoms with Gasteiger partial charge in [0.25, 0.3) is 0 Å². The van der Waals surface area contributed by atoms with Gasteiger partial charge in [0.05, 0.1) is 0 Å². The summed E-state index contributed by atoms with van der Waals surface area (Å²) in [7, 11) is 0. The molecule has 0 atom stereocenters. The van der Waals surface area contributed by atoms with Crippen molar-refractivity contribution in [2.45, 2.75) is 6.42 Å². The summed E-state index contributed by atoms with van der Waals surface area (Å²) in [5, 5.41) is 10.0. The SMILES string of the molecule is c1ccc(-c2ccc3c(-c4ccc(-c5c6ccccc6c(-c6ccc7c(c6)Cc6ccccc6N7c6ccccc6)c6ccccc56)cc4)c4ccccc4c(-c4ccccc4)c3c2)cc1. The van der Waals surface area contributed by atoms with Gasteiger partial charge in [0.15, 0.2) is 0 Å². The lowest BCUT2D eigenvalue weighted by Gasteiger charge is -2.34. The summed E-state index contributed by atoms with van der Waals surface area (Å²) in [5.41, 5.74) is 18.7. The van der Waals surface area contributed by atoms with E-state index < -0.39 is 0 Å². The van der Waals surface area contributed by atoms with Crippen molar-refractivity contribution in [2.75, 3.05) is 4.90 Å². The van der Waals surface area contributed by atoms with Crippen LogP contribution in [-0.2, 0) is 6.42 Å². The van der Waals surface area contributed by atoms with Crippen LogP contribution >= 0.6 is 0 Å². The van der Waals surface area contributed by atoms with Crippen LogP contribution in [0.3, 0.4) is 0 Å². The molecule has 1 aliphatic heterocycles. The molecule has 0 aromatic heterocycles. The van der Waals surface area contributed by atoms with Gasteiger partial charge in [-0.3, -0.25) is 0 Å². The van der Waals surface area contributed by atoms with Crippen LogP contribution in [0.4, 0.5) is 17.1 Å². The second-order valence-corrected chi connectivity index (χ2v) is 17.5. The Bertz CT molecular complexity index is 3760. The van der Waals surface area contributed by atoms with E-state index in [-0.39, 0.29) is 0 Å². The Morgan fingerprint density at radius 1 is 0.227 bits per heavy atom. The molecule has 66 heavy (non-hydrogen) atoms. The average molecular weight is 838 g/mol. The lowest BCUT2D eigenvalue weighted by atomic mass is 9.83. The second-order valence-electron chi connectivity index (χ2n) is 17.5. The van der Waals surface area contributed by atoms with Crippen LogP contribution in [0, 0.1) is 0 Å². The molecule has 0 saturated heterocycles. The first-order valence-corrected chi connectivity index (χ1v) is 23.0. The molecule has 1 aliphatic rings. The molecule has 12 aromatic rings. The fraction of sp³-hybridized carbons (Fsp3) is 0.0154. The second kappa shape index (κ2) is 15.6. The smallest absolute Gasteiger partial charge is 0.0497 e. The predicted octanol–water partition coefficient (Wildman–Crippen LogP) is 18.0. The maximum atomic E-state index is 2.45. The first-order chi connectivity index (χ1) is 32.8. The van der Waals surface area contributed by atoms with Crippen molar-refractivity contribution < 1.29 is 0 Å². The summed E-state index contributed by atoms with van der Waals surface area (Å²) < 4.78 is 0. The van der Waals surface area contributed by atoms with Crippen molar-refractivity contribution in [2.24, 2.45) is 0 Å². The van der Waals surface area contributed by atoms with E-state index in [1.165, 1.54) is 127 Å². The molecule has 0 N–H and O–H groups in total. The number of para-hydroxylation sites is 2. The first kappa shape index (κ1) is 38.0. The lowest BCUT2D eigenvalue weighted by Crippen LogP contribution is -2.18. The van der Waals surface area contributed by atoms with Gasteiger partial charge in [-0.25, -0.2) is 0 Å². The summed E-state index contributed by atoms with van der Waals surface area (Å²) in [6, 6.07) is 91.8. The van der Waals surface area contributed by atoms with Crippen LogP contribution in [0.2, 0.25) is 0 Å². The minimum atomic E-state index is 0.886. The van der Waals surface area contributed by atoms with E-state index in [9.17, 15) is 0 Å². The Morgan fingerprint density at radius 3 is 1.17 bits per heavy atom. The highest BCUT2D eigenvalue weighted by Gasteiger charge is 2.26. The largest absolute Gasteiger partial charge is 0.310 e. The number of hydrogen-bond acceptors (Lipinski definition) is 1. The van der Waals surface area contributed by atoms with Crippen molar-refractivity contribution in [3.05, 3.63) is 260 Å². The molecule has 1 nitrogen and oxygen atoms in total. The molecule has 12 aromatic carbocycles. The van der Waals surface area contributed by atoms with E-state index in [0.29, 0.717) is 0 Å². The zero-order valence-corrected chi connectivity index (χ0v) is 36.3. The van der Waals surface area contributed by atoms with Gasteiger partial charge in [0.1, 0.15) is 0 Å². The third kappa shape index (κ3) is 6.16. The summed E-state index contributed by atoms with van der Waals surface area (Å²) in [5.74, 6) is 0. The minimum Gasteiger partial charge on any atom is -0.310 e. The molecule has 0 fully saturated rings. The van der Waals surface area contributed by atoms with E-state index in [0.717, 1.165) is 6.42 Å². The number of benzene rings is 12. The quantitative estimate of drug-likeness (QED) is 0.151. The molecule has 308 valence electrons. The minimum absolute atomic E-state index is 0.886. The van der Waals surface area contributed by atoms with Gasteiger partial charge in [0, 0.05) is 23.5 Å². The highest BCUT2D eigenvalue weighted by molar-refractivity contribution is 6.23. The third-order valence-electron chi connectivity index (χ3n) is 13.8. The molecule has 0 saturated carbocycles. The summed E-state index contributed by atoms with van der Waals surface area (Å²) in [6.07, 6.45) is 0.886. The van der Waals surface area contributed by atoms with E-state index in [1.807, 2.05) is 0 Å². The average Bonchev–Trinajstić information content (AvgIpc) is 3.39. The Hall–Kier alpha value is -8.52. The number of anilines is 3. The molecular formula is C65H43N. The molecule has 0 aliphatic carbocycles. The zero-order chi connectivity index (χ0) is 43.6. The Balaban J connectivity index is 0.975. The maximum Gasteiger partial charge on any atom is 0.0497 e. The number of nitrogens with zero attached hydrogens (tertiary/aromatic N) is 1. The molecule has 0 radical (unpaired) electrons. The molecule has 0 amide bonds. The van der Waals surface area contributed by atoms with Gasteiger partial charge in [-0.15, -0.1) is 0 Å². The maximum absolute atomic E-state index is 2.45. The normalized spacial score (nSPS) is 12.2. The fourth-order valence-corrected chi connectivity index (χ4v) is 10.9. The van der Waals surface area contributed by atoms with Crippen LogP contribution in [0.25, 0.3) is 98.7 Å². The molecule has 0 spiro atoms. The van der Waals surface area contributed by atoms with E-state index in [2.05, 4.69) is 254 Å². The van der Waals surface area contributed by atoms with Gasteiger partial charge in [-0.05, 0) is 146 Å². The molecular weight excluding hydrogens is 795 g/mol. The fourth-order valence-electron chi connectivity index (χ4n) is 10.9. The van der Waals surface area contributed by atoms with Crippen LogP contribution in [0.5, 0.6) is 0 Å². The topological polar surface area (TPSA) is 3.24 Å². The lowest BCUT2D eigenvalue weighted by molar-refractivity contribution is 1.09. The molecule has 1 heteroatoms. The Morgan fingerprint density at radius 2 is 0.606 bits per heavy atom. The number of rotatable bonds is 6. The van der Waals surface area contributed by atoms with Crippen LogP contribution < -0.4 is 4.90 Å². The monoisotopic (exact) mass is 837 g/mol. The van der Waals surface area contributed by atoms with E-state index in [4.69, 9.17) is 0 Å². The van der Waals surface area contributed by atoms with Crippen LogP contribution in [0.15, 0.2) is 249 Å². The van der Waals surface area contributed by atoms with Crippen molar-refractivity contribution in [1.82, 2.24) is 0 Å². The molecule has 0 bridgehead atoms.